The summed E-state index contributed by atoms with van der Waals surface area (Å²) in [6, 6.07) is 8.53. The van der Waals surface area contributed by atoms with Gasteiger partial charge in [0, 0.05) is 57.6 Å². The van der Waals surface area contributed by atoms with Crippen LogP contribution in [0.15, 0.2) is 29.3 Å². The van der Waals surface area contributed by atoms with Crippen LogP contribution >= 0.6 is 0 Å². The number of ether oxygens (including phenoxy) is 1. The largest absolute Gasteiger partial charge is 0.497 e. The number of guanidine groups is 1. The van der Waals surface area contributed by atoms with Crippen molar-refractivity contribution in [2.24, 2.45) is 10.9 Å². The topological polar surface area (TPSA) is 86.3 Å². The van der Waals surface area contributed by atoms with Gasteiger partial charge in [0.15, 0.2) is 5.96 Å². The van der Waals surface area contributed by atoms with E-state index in [0.29, 0.717) is 25.0 Å². The molecule has 2 fully saturated rings. The second kappa shape index (κ2) is 10.3. The average Bonchev–Trinajstić information content (AvgIpc) is 2.76. The first-order valence-corrected chi connectivity index (χ1v) is 12.5. The minimum Gasteiger partial charge on any atom is -0.497 e. The Morgan fingerprint density at radius 3 is 2.67 bits per heavy atom. The quantitative estimate of drug-likeness (QED) is 0.518. The highest BCUT2D eigenvalue weighted by atomic mass is 32.2. The zero-order chi connectivity index (χ0) is 21.6. The van der Waals surface area contributed by atoms with Gasteiger partial charge in [-0.2, -0.15) is 0 Å². The monoisotopic (exact) mass is 437 g/mol. The van der Waals surface area contributed by atoms with Crippen LogP contribution in [0.5, 0.6) is 5.75 Å². The number of nitrogens with one attached hydrogen (secondary N) is 2. The maximum Gasteiger partial charge on any atom is 0.211 e. The van der Waals surface area contributed by atoms with E-state index in [-0.39, 0.29) is 0 Å². The van der Waals surface area contributed by atoms with Crippen molar-refractivity contribution < 1.29 is 13.2 Å². The summed E-state index contributed by atoms with van der Waals surface area (Å²) in [6.07, 6.45) is 5.27. The number of aliphatic imine (C=N–C) groups is 1. The van der Waals surface area contributed by atoms with Gasteiger partial charge in [0.25, 0.3) is 0 Å². The molecule has 1 aromatic carbocycles. The van der Waals surface area contributed by atoms with Crippen molar-refractivity contribution in [3.63, 3.8) is 0 Å². The summed E-state index contributed by atoms with van der Waals surface area (Å²) < 4.78 is 30.3. The molecule has 0 saturated carbocycles. The fourth-order valence-corrected chi connectivity index (χ4v) is 5.08. The molecule has 0 bridgehead atoms. The van der Waals surface area contributed by atoms with Gasteiger partial charge in [-0.3, -0.25) is 4.99 Å². The van der Waals surface area contributed by atoms with Gasteiger partial charge in [0.05, 0.1) is 13.4 Å². The molecule has 2 N–H and O–H groups in total. The zero-order valence-corrected chi connectivity index (χ0v) is 19.1. The van der Waals surface area contributed by atoms with E-state index in [9.17, 15) is 8.42 Å². The van der Waals surface area contributed by atoms with E-state index in [2.05, 4.69) is 32.7 Å². The Bertz CT molecular complexity index is 822. The number of methoxy groups -OCH3 is 1. The molecule has 8 nitrogen and oxygen atoms in total. The van der Waals surface area contributed by atoms with Crippen molar-refractivity contribution in [1.82, 2.24) is 14.9 Å². The SMILES string of the molecule is CN=C(NCC1CCN(S(C)(=O)=O)CC1)NC1CCCN(c2cccc(OC)c2)C1. The Balaban J connectivity index is 1.47. The number of hydrogen-bond acceptors (Lipinski definition) is 5. The molecule has 2 aliphatic heterocycles. The number of anilines is 1. The van der Waals surface area contributed by atoms with Crippen molar-refractivity contribution in [2.75, 3.05) is 58.0 Å². The molecule has 0 radical (unpaired) electrons. The fraction of sp³-hybridized carbons (Fsp3) is 0.667. The van der Waals surface area contributed by atoms with Gasteiger partial charge in [-0.15, -0.1) is 0 Å². The first-order chi connectivity index (χ1) is 14.4. The third-order valence-electron chi connectivity index (χ3n) is 6.01. The van der Waals surface area contributed by atoms with E-state index in [1.807, 2.05) is 12.1 Å². The molecule has 0 amide bonds. The smallest absolute Gasteiger partial charge is 0.211 e. The third-order valence-corrected chi connectivity index (χ3v) is 7.31. The van der Waals surface area contributed by atoms with Crippen molar-refractivity contribution in [1.29, 1.82) is 0 Å². The Kier molecular flexibility index (Phi) is 7.82. The first-order valence-electron chi connectivity index (χ1n) is 10.7. The third kappa shape index (κ3) is 6.25. The maximum atomic E-state index is 11.7. The molecule has 30 heavy (non-hydrogen) atoms. The van der Waals surface area contributed by atoms with Crippen molar-refractivity contribution >= 4 is 21.7 Å². The van der Waals surface area contributed by atoms with Crippen molar-refractivity contribution in [3.8, 4) is 5.75 Å². The summed E-state index contributed by atoms with van der Waals surface area (Å²) in [4.78, 5) is 6.78. The van der Waals surface area contributed by atoms with Crippen LogP contribution in [0.3, 0.4) is 0 Å². The van der Waals surface area contributed by atoms with E-state index in [4.69, 9.17) is 4.74 Å². The van der Waals surface area contributed by atoms with Crippen LogP contribution in [-0.2, 0) is 10.0 Å². The Hall–Kier alpha value is -2.00. The first kappa shape index (κ1) is 22.7. The van der Waals surface area contributed by atoms with E-state index >= 15 is 0 Å². The summed E-state index contributed by atoms with van der Waals surface area (Å²) in [6.45, 7) is 3.98. The van der Waals surface area contributed by atoms with Gasteiger partial charge >= 0.3 is 0 Å². The summed E-state index contributed by atoms with van der Waals surface area (Å²) in [5.41, 5.74) is 1.18. The molecule has 2 heterocycles. The van der Waals surface area contributed by atoms with Gasteiger partial charge in [-0.05, 0) is 43.7 Å². The molecule has 2 aliphatic rings. The molecular weight excluding hydrogens is 402 g/mol. The summed E-state index contributed by atoms with van der Waals surface area (Å²) >= 11 is 0. The lowest BCUT2D eigenvalue weighted by atomic mass is 9.98. The van der Waals surface area contributed by atoms with E-state index in [0.717, 1.165) is 57.0 Å². The summed E-state index contributed by atoms with van der Waals surface area (Å²) in [7, 11) is 0.418. The Labute approximate surface area is 180 Å². The molecule has 0 spiro atoms. The molecule has 2 saturated heterocycles. The van der Waals surface area contributed by atoms with E-state index in [1.165, 1.54) is 11.9 Å². The van der Waals surface area contributed by atoms with Crippen LogP contribution < -0.4 is 20.3 Å². The highest BCUT2D eigenvalue weighted by Gasteiger charge is 2.25. The van der Waals surface area contributed by atoms with Gasteiger partial charge in [-0.1, -0.05) is 6.07 Å². The van der Waals surface area contributed by atoms with Crippen LogP contribution in [0.1, 0.15) is 25.7 Å². The van der Waals surface area contributed by atoms with Crippen LogP contribution in [-0.4, -0.2) is 77.9 Å². The molecule has 1 unspecified atom stereocenters. The molecule has 3 rings (SSSR count). The normalized spacial score (nSPS) is 22.0. The number of sulfonamides is 1. The predicted octanol–water partition coefficient (Wildman–Crippen LogP) is 1.50. The molecule has 0 aromatic heterocycles. The summed E-state index contributed by atoms with van der Waals surface area (Å²) in [5, 5.41) is 7.01. The average molecular weight is 438 g/mol. The standard InChI is InChI=1S/C21H35N5O3S/c1-22-21(23-15-17-9-12-26(13-10-17)30(3,27)28)24-18-6-5-11-25(16-18)19-7-4-8-20(14-19)29-2/h4,7-8,14,17-18H,5-6,9-13,15-16H2,1-3H3,(H2,22,23,24). The van der Waals surface area contributed by atoms with Gasteiger partial charge in [0.2, 0.25) is 10.0 Å². The molecule has 1 atom stereocenters. The minimum absolute atomic E-state index is 0.322. The van der Waals surface area contributed by atoms with Crippen molar-refractivity contribution in [2.45, 2.75) is 31.7 Å². The highest BCUT2D eigenvalue weighted by Crippen LogP contribution is 2.24. The summed E-state index contributed by atoms with van der Waals surface area (Å²) in [5.74, 6) is 2.15. The minimum atomic E-state index is -3.07. The number of piperidine rings is 2. The van der Waals surface area contributed by atoms with Crippen LogP contribution in [0.25, 0.3) is 0 Å². The van der Waals surface area contributed by atoms with Gasteiger partial charge < -0.3 is 20.3 Å². The molecule has 168 valence electrons. The number of rotatable bonds is 6. The number of nitrogens with zero attached hydrogens (tertiary/aromatic N) is 3. The number of hydrogen-bond donors (Lipinski definition) is 2. The molecule has 1 aromatic rings. The zero-order valence-electron chi connectivity index (χ0n) is 18.3. The van der Waals surface area contributed by atoms with Crippen LogP contribution in [0.2, 0.25) is 0 Å². The molecule has 9 heteroatoms. The van der Waals surface area contributed by atoms with Gasteiger partial charge in [0.1, 0.15) is 5.75 Å². The van der Waals surface area contributed by atoms with Crippen molar-refractivity contribution in [3.05, 3.63) is 24.3 Å². The lowest BCUT2D eigenvalue weighted by Gasteiger charge is -2.36. The lowest BCUT2D eigenvalue weighted by Crippen LogP contribution is -2.52. The number of benzene rings is 1. The van der Waals surface area contributed by atoms with E-state index in [1.54, 1.807) is 18.5 Å². The maximum absolute atomic E-state index is 11.7. The Morgan fingerprint density at radius 2 is 2.00 bits per heavy atom. The van der Waals surface area contributed by atoms with Gasteiger partial charge in [-0.25, -0.2) is 12.7 Å². The fourth-order valence-electron chi connectivity index (χ4n) is 4.21. The van der Waals surface area contributed by atoms with Crippen LogP contribution in [0.4, 0.5) is 5.69 Å². The highest BCUT2D eigenvalue weighted by molar-refractivity contribution is 7.88. The predicted molar refractivity (Wildman–Crippen MR) is 122 cm³/mol. The lowest BCUT2D eigenvalue weighted by molar-refractivity contribution is 0.274. The van der Waals surface area contributed by atoms with E-state index < -0.39 is 10.0 Å². The van der Waals surface area contributed by atoms with Crippen LogP contribution in [0, 0.1) is 5.92 Å². The Morgan fingerprint density at radius 1 is 1.23 bits per heavy atom. The molecule has 0 aliphatic carbocycles. The second-order valence-electron chi connectivity index (χ2n) is 8.19. The molecular formula is C21H35N5O3S. The second-order valence-corrected chi connectivity index (χ2v) is 10.2.